The molecule has 0 spiro atoms. The van der Waals surface area contributed by atoms with Crippen LogP contribution in [0.4, 0.5) is 11.4 Å². The van der Waals surface area contributed by atoms with Gasteiger partial charge in [-0.25, -0.2) is 9.69 Å². The number of fused-ring (bicyclic) bond motifs is 9. The van der Waals surface area contributed by atoms with Gasteiger partial charge in [0.15, 0.2) is 11.4 Å². The first-order valence-corrected chi connectivity index (χ1v) is 18.6. The normalized spacial score (nSPS) is 11.5. The highest BCUT2D eigenvalue weighted by Gasteiger charge is 2.21. The van der Waals surface area contributed by atoms with Crippen molar-refractivity contribution in [2.75, 3.05) is 0 Å². The molecular weight excluding hydrogens is 697 g/mol. The summed E-state index contributed by atoms with van der Waals surface area (Å²) in [6, 6.07) is 60.3. The van der Waals surface area contributed by atoms with Gasteiger partial charge in [-0.1, -0.05) is 91.0 Å². The van der Waals surface area contributed by atoms with Crippen LogP contribution in [0.2, 0.25) is 0 Å². The standard InChI is InChI=1S/C51H28N6/c1-53-35-22-23-49-44(30-35)42-15-6-7-17-45(42)55(49)38-28-34(26-36(29-38)54-2)33-24-32(31-52)25-37(27-33)56-46-18-8-5-14-41(46)43-16-11-21-50(51(43)56)57-47-19-9-3-12-39(47)40-13-4-10-20-48(40)57/h3-30H. The Morgan fingerprint density at radius 2 is 0.912 bits per heavy atom. The summed E-state index contributed by atoms with van der Waals surface area (Å²) in [7, 11) is 0. The predicted octanol–water partition coefficient (Wildman–Crippen LogP) is 13.6. The second kappa shape index (κ2) is 12.3. The molecule has 3 heterocycles. The van der Waals surface area contributed by atoms with Gasteiger partial charge in [0.05, 0.1) is 63.6 Å². The Morgan fingerprint density at radius 1 is 0.404 bits per heavy atom. The molecule has 0 aliphatic rings. The Kier molecular flexibility index (Phi) is 6.95. The number of nitrogens with zero attached hydrogens (tertiary/aromatic N) is 6. The maximum atomic E-state index is 10.5. The Morgan fingerprint density at radius 3 is 1.54 bits per heavy atom. The zero-order valence-corrected chi connectivity index (χ0v) is 30.3. The van der Waals surface area contributed by atoms with Crippen LogP contribution in [0.5, 0.6) is 0 Å². The first kappa shape index (κ1) is 32.1. The monoisotopic (exact) mass is 724 g/mol. The van der Waals surface area contributed by atoms with E-state index in [1.807, 2.05) is 54.6 Å². The van der Waals surface area contributed by atoms with E-state index in [-0.39, 0.29) is 0 Å². The smallest absolute Gasteiger partial charge is 0.189 e. The van der Waals surface area contributed by atoms with Gasteiger partial charge in [0, 0.05) is 38.3 Å². The highest BCUT2D eigenvalue weighted by molar-refractivity contribution is 6.15. The van der Waals surface area contributed by atoms with Crippen LogP contribution >= 0.6 is 0 Å². The highest BCUT2D eigenvalue weighted by atomic mass is 15.1. The van der Waals surface area contributed by atoms with Crippen LogP contribution in [0.25, 0.3) is 103 Å². The molecule has 6 heteroatoms. The molecule has 0 fully saturated rings. The Bertz CT molecular complexity index is 3580. The summed E-state index contributed by atoms with van der Waals surface area (Å²) in [6.45, 7) is 15.8. The number of hydrogen-bond acceptors (Lipinski definition) is 1. The summed E-state index contributed by atoms with van der Waals surface area (Å²) in [5.41, 5.74) is 12.2. The number of para-hydroxylation sites is 5. The fraction of sp³-hybridized carbons (Fsp3) is 0. The molecule has 57 heavy (non-hydrogen) atoms. The number of aromatic nitrogens is 3. The topological polar surface area (TPSA) is 47.3 Å². The third-order valence-corrected chi connectivity index (χ3v) is 11.2. The van der Waals surface area contributed by atoms with Crippen LogP contribution in [0.3, 0.4) is 0 Å². The average Bonchev–Trinajstić information content (AvgIpc) is 3.91. The minimum Gasteiger partial charge on any atom is -0.311 e. The fourth-order valence-electron chi connectivity index (χ4n) is 8.87. The number of nitriles is 1. The van der Waals surface area contributed by atoms with Gasteiger partial charge in [-0.15, -0.1) is 0 Å². The van der Waals surface area contributed by atoms with E-state index in [1.165, 1.54) is 10.8 Å². The van der Waals surface area contributed by atoms with E-state index in [0.717, 1.165) is 82.8 Å². The van der Waals surface area contributed by atoms with E-state index in [4.69, 9.17) is 13.1 Å². The van der Waals surface area contributed by atoms with E-state index >= 15 is 0 Å². The first-order chi connectivity index (χ1) is 28.1. The van der Waals surface area contributed by atoms with Crippen LogP contribution in [0.1, 0.15) is 5.56 Å². The van der Waals surface area contributed by atoms with Crippen molar-refractivity contribution < 1.29 is 0 Å². The molecule has 0 radical (unpaired) electrons. The lowest BCUT2D eigenvalue weighted by molar-refractivity contribution is 1.13. The summed E-state index contributed by atoms with van der Waals surface area (Å²) in [6.07, 6.45) is 0. The van der Waals surface area contributed by atoms with Gasteiger partial charge < -0.3 is 13.7 Å². The molecule has 11 rings (SSSR count). The third kappa shape index (κ3) is 4.74. The summed E-state index contributed by atoms with van der Waals surface area (Å²) in [5.74, 6) is 0. The van der Waals surface area contributed by atoms with Crippen molar-refractivity contribution in [1.29, 1.82) is 5.26 Å². The molecule has 0 aliphatic carbocycles. The fourth-order valence-corrected chi connectivity index (χ4v) is 8.87. The Labute approximate surface area is 327 Å². The molecule has 3 aromatic heterocycles. The Balaban J connectivity index is 1.19. The van der Waals surface area contributed by atoms with Gasteiger partial charge in [-0.2, -0.15) is 5.26 Å². The molecule has 0 atom stereocenters. The second-order valence-electron chi connectivity index (χ2n) is 14.3. The van der Waals surface area contributed by atoms with Crippen molar-refractivity contribution >= 4 is 76.8 Å². The van der Waals surface area contributed by atoms with Gasteiger partial charge in [-0.05, 0) is 95.4 Å². The molecule has 0 aliphatic heterocycles. The highest BCUT2D eigenvalue weighted by Crippen LogP contribution is 2.42. The van der Waals surface area contributed by atoms with Crippen LogP contribution in [-0.4, -0.2) is 13.7 Å². The maximum Gasteiger partial charge on any atom is 0.189 e. The molecule has 0 bridgehead atoms. The van der Waals surface area contributed by atoms with Crippen LogP contribution < -0.4 is 0 Å². The lowest BCUT2D eigenvalue weighted by atomic mass is 10.0. The summed E-state index contributed by atoms with van der Waals surface area (Å²) >= 11 is 0. The molecule has 11 aromatic rings. The SMILES string of the molecule is [C-]#[N+]c1cc(-c2cc(C#N)cc(-n3c4ccccc4c4cccc(-n5c6ccccc6c6ccccc65)c43)c2)cc(-n2c3ccccc3c3cc([N+]#[C-])ccc32)c1. The molecule has 0 unspecified atom stereocenters. The second-order valence-corrected chi connectivity index (χ2v) is 14.3. The van der Waals surface area contributed by atoms with Crippen LogP contribution in [0, 0.1) is 24.5 Å². The van der Waals surface area contributed by atoms with E-state index in [0.29, 0.717) is 16.9 Å². The molecule has 0 amide bonds. The van der Waals surface area contributed by atoms with Gasteiger partial charge in [0.25, 0.3) is 0 Å². The van der Waals surface area contributed by atoms with E-state index < -0.39 is 0 Å². The van der Waals surface area contributed by atoms with Crippen molar-refractivity contribution in [3.63, 3.8) is 0 Å². The van der Waals surface area contributed by atoms with Crippen molar-refractivity contribution in [1.82, 2.24) is 13.7 Å². The zero-order valence-electron chi connectivity index (χ0n) is 30.3. The quantitative estimate of drug-likeness (QED) is 0.167. The zero-order chi connectivity index (χ0) is 38.2. The van der Waals surface area contributed by atoms with Crippen molar-refractivity contribution in [2.45, 2.75) is 0 Å². The maximum absolute atomic E-state index is 10.5. The number of hydrogen-bond donors (Lipinski definition) is 0. The summed E-state index contributed by atoms with van der Waals surface area (Å²) in [5, 5.41) is 17.2. The predicted molar refractivity (Wildman–Crippen MR) is 232 cm³/mol. The molecule has 0 saturated heterocycles. The van der Waals surface area contributed by atoms with Crippen molar-refractivity contribution in [3.05, 3.63) is 198 Å². The van der Waals surface area contributed by atoms with E-state index in [9.17, 15) is 5.26 Å². The van der Waals surface area contributed by atoms with Crippen LogP contribution in [-0.2, 0) is 0 Å². The number of rotatable bonds is 4. The summed E-state index contributed by atoms with van der Waals surface area (Å²) < 4.78 is 6.81. The largest absolute Gasteiger partial charge is 0.311 e. The lowest BCUT2D eigenvalue weighted by Crippen LogP contribution is -2.01. The summed E-state index contributed by atoms with van der Waals surface area (Å²) in [4.78, 5) is 7.62. The molecule has 8 aromatic carbocycles. The Hall–Kier alpha value is -8.37. The minimum atomic E-state index is 0.487. The van der Waals surface area contributed by atoms with E-state index in [2.05, 4.69) is 145 Å². The van der Waals surface area contributed by atoms with E-state index in [1.54, 1.807) is 0 Å². The lowest BCUT2D eigenvalue weighted by Gasteiger charge is -2.16. The molecular formula is C51H28N6. The number of benzene rings is 8. The average molecular weight is 725 g/mol. The molecule has 6 nitrogen and oxygen atoms in total. The molecule has 0 saturated carbocycles. The van der Waals surface area contributed by atoms with Gasteiger partial charge in [-0.3, -0.25) is 0 Å². The van der Waals surface area contributed by atoms with Gasteiger partial charge in [0.1, 0.15) is 0 Å². The minimum absolute atomic E-state index is 0.487. The molecule has 262 valence electrons. The van der Waals surface area contributed by atoms with Crippen molar-refractivity contribution in [3.8, 4) is 34.3 Å². The molecule has 0 N–H and O–H groups in total. The first-order valence-electron chi connectivity index (χ1n) is 18.6. The van der Waals surface area contributed by atoms with Gasteiger partial charge in [0.2, 0.25) is 0 Å². The van der Waals surface area contributed by atoms with Crippen LogP contribution in [0.15, 0.2) is 170 Å². The third-order valence-electron chi connectivity index (χ3n) is 11.2. The van der Waals surface area contributed by atoms with Gasteiger partial charge >= 0.3 is 0 Å². The van der Waals surface area contributed by atoms with Crippen molar-refractivity contribution in [2.24, 2.45) is 0 Å².